The Morgan fingerprint density at radius 2 is 2.00 bits per heavy atom. The summed E-state index contributed by atoms with van der Waals surface area (Å²) in [6, 6.07) is 14.1. The van der Waals surface area contributed by atoms with Gasteiger partial charge < -0.3 is 25.6 Å². The van der Waals surface area contributed by atoms with Gasteiger partial charge in [0, 0.05) is 23.5 Å². The molecule has 1 aliphatic heterocycles. The molecule has 0 spiro atoms. The third kappa shape index (κ3) is 6.04. The number of hydrogen-bond acceptors (Lipinski definition) is 8. The van der Waals surface area contributed by atoms with E-state index < -0.39 is 0 Å². The number of benzene rings is 2. The Balaban J connectivity index is 1.33. The molecule has 0 saturated carbocycles. The van der Waals surface area contributed by atoms with Gasteiger partial charge in [0.1, 0.15) is 16.3 Å². The van der Waals surface area contributed by atoms with E-state index in [2.05, 4.69) is 44.4 Å². The van der Waals surface area contributed by atoms with Crippen LogP contribution in [0.25, 0.3) is 10.2 Å². The third-order valence-electron chi connectivity index (χ3n) is 6.08. The molecular weight excluding hydrogens is 491 g/mol. The summed E-state index contributed by atoms with van der Waals surface area (Å²) in [5.74, 6) is 0.487. The fourth-order valence-corrected chi connectivity index (χ4v) is 4.87. The van der Waals surface area contributed by atoms with E-state index in [-0.39, 0.29) is 23.7 Å². The van der Waals surface area contributed by atoms with Crippen molar-refractivity contribution in [2.45, 2.75) is 18.9 Å². The molecule has 0 radical (unpaired) electrons. The van der Waals surface area contributed by atoms with E-state index in [1.807, 2.05) is 11.4 Å². The number of aromatic nitrogens is 2. The standard InChI is InChI=1S/C27H27FN6O2S/c1-3-24(35)30-18-5-4-6-20(15-18)36-26-25-23(11-14-37-25)32-27(33-26)31-19-7-8-22(21(28)16-19)29-17-9-12-34(2)13-10-17/h3-8,11,14-17,29H,1,9-10,12-13H2,2H3,(H,30,35)(H,31,32,33). The zero-order valence-corrected chi connectivity index (χ0v) is 21.1. The van der Waals surface area contributed by atoms with Gasteiger partial charge in [0.05, 0.1) is 11.2 Å². The Morgan fingerprint density at radius 3 is 2.78 bits per heavy atom. The van der Waals surface area contributed by atoms with E-state index >= 15 is 0 Å². The van der Waals surface area contributed by atoms with Crippen molar-refractivity contribution in [3.8, 4) is 11.6 Å². The van der Waals surface area contributed by atoms with Crippen LogP contribution in [0.3, 0.4) is 0 Å². The lowest BCUT2D eigenvalue weighted by Gasteiger charge is -2.30. The van der Waals surface area contributed by atoms with Gasteiger partial charge in [-0.1, -0.05) is 12.6 Å². The van der Waals surface area contributed by atoms with Gasteiger partial charge in [0.25, 0.3) is 0 Å². The van der Waals surface area contributed by atoms with Crippen LogP contribution in [-0.2, 0) is 4.79 Å². The smallest absolute Gasteiger partial charge is 0.247 e. The summed E-state index contributed by atoms with van der Waals surface area (Å²) in [5.41, 5.74) is 2.29. The van der Waals surface area contributed by atoms with Gasteiger partial charge in [-0.15, -0.1) is 11.3 Å². The van der Waals surface area contributed by atoms with Gasteiger partial charge in [-0.05, 0) is 80.8 Å². The number of rotatable bonds is 8. The Kier molecular flexibility index (Phi) is 7.29. The normalized spacial score (nSPS) is 14.3. The number of thiophene rings is 1. The van der Waals surface area contributed by atoms with Crippen LogP contribution in [-0.4, -0.2) is 47.0 Å². The first kappa shape index (κ1) is 24.7. The monoisotopic (exact) mass is 518 g/mol. The van der Waals surface area contributed by atoms with Gasteiger partial charge in [-0.3, -0.25) is 4.79 Å². The SMILES string of the molecule is C=CC(=O)Nc1cccc(Oc2nc(Nc3ccc(NC4CCN(C)CC4)c(F)c3)nc3ccsc23)c1. The Labute approximate surface area is 218 Å². The highest BCUT2D eigenvalue weighted by Crippen LogP contribution is 2.34. The minimum atomic E-state index is -0.338. The topological polar surface area (TPSA) is 91.4 Å². The van der Waals surface area contributed by atoms with Crippen LogP contribution in [0.15, 0.2) is 66.6 Å². The average Bonchev–Trinajstić information content (AvgIpc) is 3.36. The highest BCUT2D eigenvalue weighted by Gasteiger charge is 2.18. The number of hydrogen-bond donors (Lipinski definition) is 3. The zero-order valence-electron chi connectivity index (χ0n) is 20.3. The number of fused-ring (bicyclic) bond motifs is 1. The van der Waals surface area contributed by atoms with Gasteiger partial charge in [-0.2, -0.15) is 4.98 Å². The fraction of sp³-hybridized carbons (Fsp3) is 0.222. The molecule has 190 valence electrons. The number of piperidine rings is 1. The maximum atomic E-state index is 14.9. The van der Waals surface area contributed by atoms with E-state index in [1.54, 1.807) is 36.4 Å². The molecule has 4 aromatic rings. The first-order valence-corrected chi connectivity index (χ1v) is 12.8. The van der Waals surface area contributed by atoms with Gasteiger partial charge >= 0.3 is 0 Å². The number of amides is 1. The lowest BCUT2D eigenvalue weighted by atomic mass is 10.1. The van der Waals surface area contributed by atoms with E-state index in [4.69, 9.17) is 4.74 Å². The van der Waals surface area contributed by atoms with E-state index in [9.17, 15) is 9.18 Å². The summed E-state index contributed by atoms with van der Waals surface area (Å²) in [6.07, 6.45) is 3.17. The largest absolute Gasteiger partial charge is 0.437 e. The number of carbonyl (C=O) groups is 1. The first-order chi connectivity index (χ1) is 18.0. The quantitative estimate of drug-likeness (QED) is 0.247. The lowest BCUT2D eigenvalue weighted by molar-refractivity contribution is -0.111. The molecule has 1 fully saturated rings. The molecule has 37 heavy (non-hydrogen) atoms. The molecule has 0 atom stereocenters. The number of carbonyl (C=O) groups excluding carboxylic acids is 1. The number of ether oxygens (including phenoxy) is 1. The molecule has 1 amide bonds. The highest BCUT2D eigenvalue weighted by molar-refractivity contribution is 7.17. The zero-order chi connectivity index (χ0) is 25.8. The van der Waals surface area contributed by atoms with Crippen LogP contribution < -0.4 is 20.7 Å². The van der Waals surface area contributed by atoms with Crippen molar-refractivity contribution in [3.63, 3.8) is 0 Å². The second kappa shape index (κ2) is 10.9. The summed E-state index contributed by atoms with van der Waals surface area (Å²) < 4.78 is 21.7. The maximum absolute atomic E-state index is 14.9. The Morgan fingerprint density at radius 1 is 1.16 bits per heavy atom. The summed E-state index contributed by atoms with van der Waals surface area (Å²) in [7, 11) is 2.10. The van der Waals surface area contributed by atoms with Crippen LogP contribution in [0.4, 0.5) is 27.4 Å². The van der Waals surface area contributed by atoms with Crippen molar-refractivity contribution in [2.75, 3.05) is 36.1 Å². The number of nitrogens with one attached hydrogen (secondary N) is 3. The minimum absolute atomic E-state index is 0.261. The fourth-order valence-electron chi connectivity index (χ4n) is 4.12. The molecule has 2 aromatic carbocycles. The molecule has 8 nitrogen and oxygen atoms in total. The summed E-state index contributed by atoms with van der Waals surface area (Å²) in [6.45, 7) is 5.46. The molecular formula is C27H27FN6O2S. The molecule has 10 heteroatoms. The van der Waals surface area contributed by atoms with Crippen molar-refractivity contribution in [3.05, 3.63) is 72.4 Å². The van der Waals surface area contributed by atoms with E-state index in [0.717, 1.165) is 30.6 Å². The second-order valence-electron chi connectivity index (χ2n) is 8.85. The van der Waals surface area contributed by atoms with Crippen molar-refractivity contribution in [2.24, 2.45) is 0 Å². The van der Waals surface area contributed by atoms with Crippen molar-refractivity contribution in [1.29, 1.82) is 0 Å². The molecule has 0 aliphatic carbocycles. The Hall–Kier alpha value is -4.02. The first-order valence-electron chi connectivity index (χ1n) is 11.9. The van der Waals surface area contributed by atoms with Crippen LogP contribution in [0.1, 0.15) is 12.8 Å². The van der Waals surface area contributed by atoms with Crippen molar-refractivity contribution >= 4 is 50.5 Å². The predicted molar refractivity (Wildman–Crippen MR) is 147 cm³/mol. The highest BCUT2D eigenvalue weighted by atomic mass is 32.1. The number of likely N-dealkylation sites (tertiary alicyclic amines) is 1. The molecule has 1 saturated heterocycles. The molecule has 0 unspecified atom stereocenters. The minimum Gasteiger partial charge on any atom is -0.437 e. The third-order valence-corrected chi connectivity index (χ3v) is 6.97. The molecule has 5 rings (SSSR count). The summed E-state index contributed by atoms with van der Waals surface area (Å²) >= 11 is 1.46. The van der Waals surface area contributed by atoms with Crippen LogP contribution in [0.5, 0.6) is 11.6 Å². The van der Waals surface area contributed by atoms with E-state index in [0.29, 0.717) is 34.2 Å². The number of anilines is 4. The maximum Gasteiger partial charge on any atom is 0.247 e. The van der Waals surface area contributed by atoms with Crippen molar-refractivity contribution in [1.82, 2.24) is 14.9 Å². The predicted octanol–water partition coefficient (Wildman–Crippen LogP) is 6.00. The van der Waals surface area contributed by atoms with Crippen molar-refractivity contribution < 1.29 is 13.9 Å². The van der Waals surface area contributed by atoms with Gasteiger partial charge in [-0.25, -0.2) is 9.37 Å². The lowest BCUT2D eigenvalue weighted by Crippen LogP contribution is -2.36. The average molecular weight is 519 g/mol. The van der Waals surface area contributed by atoms with E-state index in [1.165, 1.54) is 23.5 Å². The number of nitrogens with zero attached hydrogens (tertiary/aromatic N) is 3. The van der Waals surface area contributed by atoms with Crippen LogP contribution in [0, 0.1) is 5.82 Å². The molecule has 3 N–H and O–H groups in total. The van der Waals surface area contributed by atoms with Gasteiger partial charge in [0.15, 0.2) is 0 Å². The van der Waals surface area contributed by atoms with Crippen LogP contribution in [0.2, 0.25) is 0 Å². The summed E-state index contributed by atoms with van der Waals surface area (Å²) in [4.78, 5) is 23.0. The molecule has 2 aromatic heterocycles. The van der Waals surface area contributed by atoms with Gasteiger partial charge in [0.2, 0.25) is 17.7 Å². The Bertz CT molecular complexity index is 1430. The summed E-state index contributed by atoms with van der Waals surface area (Å²) in [5, 5.41) is 11.0. The molecule has 1 aliphatic rings. The van der Waals surface area contributed by atoms with Crippen LogP contribution >= 0.6 is 11.3 Å². The second-order valence-corrected chi connectivity index (χ2v) is 9.77. The number of halogens is 1. The molecule has 3 heterocycles. The molecule has 0 bridgehead atoms.